The van der Waals surface area contributed by atoms with Gasteiger partial charge in [-0.3, -0.25) is 0 Å². The van der Waals surface area contributed by atoms with E-state index in [2.05, 4.69) is 0 Å². The molecule has 0 bridgehead atoms. The van der Waals surface area contributed by atoms with Crippen LogP contribution in [0.3, 0.4) is 0 Å². The van der Waals surface area contributed by atoms with E-state index >= 15 is 0 Å². The molecular formula is H2AgCrCuSn. The van der Waals surface area contributed by atoms with Gasteiger partial charge in [0.05, 0.1) is 0 Å². The average molecular weight is 344 g/mol. The second-order valence-electron chi connectivity index (χ2n) is 0. The summed E-state index contributed by atoms with van der Waals surface area (Å²) in [5.41, 5.74) is 0. The Morgan fingerprint density at radius 2 is 1.00 bits per heavy atom. The van der Waals surface area contributed by atoms with Gasteiger partial charge in [0.15, 0.2) is 0 Å². The SMILES string of the molecule is [Ag].[Cr].[Cu].[SnH2]. The quantitative estimate of drug-likeness (QED) is 0.499. The van der Waals surface area contributed by atoms with Crippen molar-refractivity contribution < 1.29 is 56.8 Å². The van der Waals surface area contributed by atoms with Crippen LogP contribution in [0.5, 0.6) is 0 Å². The van der Waals surface area contributed by atoms with Crippen LogP contribution in [-0.4, -0.2) is 23.9 Å². The molecule has 4 heteroatoms. The van der Waals surface area contributed by atoms with Crippen LogP contribution in [0.15, 0.2) is 0 Å². The van der Waals surface area contributed by atoms with Gasteiger partial charge in [-0.15, -0.1) is 0 Å². The molecule has 0 heterocycles. The molecule has 0 fully saturated rings. The van der Waals surface area contributed by atoms with Crippen LogP contribution in [0.2, 0.25) is 0 Å². The summed E-state index contributed by atoms with van der Waals surface area (Å²) in [5, 5.41) is 0. The molecule has 0 aromatic heterocycles. The van der Waals surface area contributed by atoms with E-state index in [1.54, 1.807) is 0 Å². The van der Waals surface area contributed by atoms with E-state index < -0.39 is 0 Å². The molecule has 0 aromatic carbocycles. The Bertz CT molecular complexity index is 8.00. The molecule has 0 N–H and O–H groups in total. The Hall–Kier alpha value is 2.59. The van der Waals surface area contributed by atoms with Gasteiger partial charge in [-0.25, -0.2) is 0 Å². The van der Waals surface area contributed by atoms with Gasteiger partial charge in [0.1, 0.15) is 0 Å². The van der Waals surface area contributed by atoms with Gasteiger partial charge in [-0.1, -0.05) is 0 Å². The number of rotatable bonds is 0. The average Bonchev–Trinajstić information content (AvgIpc) is 0. The zero-order chi connectivity index (χ0) is 0. The molecule has 0 aliphatic heterocycles. The second-order valence-corrected chi connectivity index (χ2v) is 0. The molecule has 4 radical (unpaired) electrons. The Morgan fingerprint density at radius 1 is 1.00 bits per heavy atom. The summed E-state index contributed by atoms with van der Waals surface area (Å²) in [6.45, 7) is 0. The summed E-state index contributed by atoms with van der Waals surface area (Å²) < 4.78 is 0. The zero-order valence-corrected chi connectivity index (χ0v) is 9.45. The van der Waals surface area contributed by atoms with Crippen LogP contribution in [0.25, 0.3) is 0 Å². The van der Waals surface area contributed by atoms with Crippen LogP contribution in [0.1, 0.15) is 0 Å². The molecule has 0 saturated heterocycles. The van der Waals surface area contributed by atoms with Gasteiger partial charge < -0.3 is 0 Å². The van der Waals surface area contributed by atoms with Crippen LogP contribution in [0, 0.1) is 0 Å². The Labute approximate surface area is 79.5 Å². The van der Waals surface area contributed by atoms with Crippen molar-refractivity contribution in [3.8, 4) is 0 Å². The van der Waals surface area contributed by atoms with Gasteiger partial charge in [-0.05, 0) is 0 Å². The number of hydrogen-bond donors (Lipinski definition) is 0. The fourth-order valence-corrected chi connectivity index (χ4v) is 0. The molecule has 0 unspecified atom stereocenters. The van der Waals surface area contributed by atoms with E-state index in [0.29, 0.717) is 0 Å². The summed E-state index contributed by atoms with van der Waals surface area (Å²) in [7, 11) is 0. The van der Waals surface area contributed by atoms with Crippen molar-refractivity contribution in [2.45, 2.75) is 0 Å². The van der Waals surface area contributed by atoms with Crippen molar-refractivity contribution in [3.63, 3.8) is 0 Å². The normalized spacial score (nSPS) is 0. The fourth-order valence-electron chi connectivity index (χ4n) is 0. The standard InChI is InChI=1S/Ag.Cr.Cu.Sn.2H. The van der Waals surface area contributed by atoms with Crippen LogP contribution in [0.4, 0.5) is 0 Å². The summed E-state index contributed by atoms with van der Waals surface area (Å²) in [6, 6.07) is 0. The van der Waals surface area contributed by atoms with Crippen molar-refractivity contribution in [3.05, 3.63) is 0 Å². The van der Waals surface area contributed by atoms with Crippen molar-refractivity contribution >= 4 is 23.9 Å². The molecule has 0 nitrogen and oxygen atoms in total. The Kier molecular flexibility index (Phi) is 135. The van der Waals surface area contributed by atoms with Crippen molar-refractivity contribution in [1.82, 2.24) is 0 Å². The topological polar surface area (TPSA) is 0 Å². The van der Waals surface area contributed by atoms with E-state index in [1.807, 2.05) is 0 Å². The minimum absolute atomic E-state index is 0. The van der Waals surface area contributed by atoms with Gasteiger partial charge in [0.2, 0.25) is 0 Å². The van der Waals surface area contributed by atoms with Gasteiger partial charge in [-0.2, -0.15) is 0 Å². The molecule has 4 heavy (non-hydrogen) atoms. The van der Waals surface area contributed by atoms with E-state index in [4.69, 9.17) is 0 Å². The van der Waals surface area contributed by atoms with Crippen LogP contribution >= 0.6 is 0 Å². The van der Waals surface area contributed by atoms with Crippen molar-refractivity contribution in [2.75, 3.05) is 0 Å². The van der Waals surface area contributed by atoms with E-state index in [1.165, 1.54) is 0 Å². The summed E-state index contributed by atoms with van der Waals surface area (Å²) in [4.78, 5) is 0. The first kappa shape index (κ1) is 30.7. The van der Waals surface area contributed by atoms with Gasteiger partial charge >= 0.3 is 23.9 Å². The predicted octanol–water partition coefficient (Wildman–Crippen LogP) is -0.924. The molecule has 0 aromatic rings. The summed E-state index contributed by atoms with van der Waals surface area (Å²) in [6.07, 6.45) is 0. The third-order valence-electron chi connectivity index (χ3n) is 0. The minimum atomic E-state index is 0. The van der Waals surface area contributed by atoms with Crippen LogP contribution in [-0.2, 0) is 56.8 Å². The monoisotopic (exact) mass is 344 g/mol. The molecule has 0 aliphatic carbocycles. The summed E-state index contributed by atoms with van der Waals surface area (Å²) >= 11 is 0. The van der Waals surface area contributed by atoms with Gasteiger partial charge in [0, 0.05) is 56.8 Å². The molecule has 0 amide bonds. The van der Waals surface area contributed by atoms with Crippen LogP contribution < -0.4 is 0 Å². The predicted molar refractivity (Wildman–Crippen MR) is 8.54 cm³/mol. The van der Waals surface area contributed by atoms with Crippen molar-refractivity contribution in [1.29, 1.82) is 0 Å². The van der Waals surface area contributed by atoms with E-state index in [0.717, 1.165) is 0 Å². The fraction of sp³-hybridized carbons (Fsp3) is 0. The second kappa shape index (κ2) is 17.6. The third-order valence-corrected chi connectivity index (χ3v) is 0. The Morgan fingerprint density at radius 3 is 1.00 bits per heavy atom. The van der Waals surface area contributed by atoms with Crippen molar-refractivity contribution in [2.24, 2.45) is 0 Å². The van der Waals surface area contributed by atoms with Gasteiger partial charge in [0.25, 0.3) is 0 Å². The first-order valence-corrected chi connectivity index (χ1v) is 0. The third kappa shape index (κ3) is 8.82. The Balaban J connectivity index is 0. The first-order chi connectivity index (χ1) is 0. The van der Waals surface area contributed by atoms with E-state index in [-0.39, 0.29) is 80.7 Å². The summed E-state index contributed by atoms with van der Waals surface area (Å²) in [5.74, 6) is 0. The molecular weight excluding hydrogens is 342 g/mol. The maximum atomic E-state index is 0. The molecule has 0 atom stereocenters. The molecule has 0 spiro atoms. The zero-order valence-electron chi connectivity index (χ0n) is 1.72. The maximum absolute atomic E-state index is 0. The first-order valence-electron chi connectivity index (χ1n) is 0. The molecule has 0 aliphatic rings. The van der Waals surface area contributed by atoms with E-state index in [9.17, 15) is 0 Å². The molecule has 0 rings (SSSR count). The molecule has 34 valence electrons. The number of hydrogen-bond acceptors (Lipinski definition) is 0. The molecule has 0 saturated carbocycles.